The Morgan fingerprint density at radius 3 is 2.25 bits per heavy atom. The Bertz CT molecular complexity index is 1570. The molecule has 156 valence electrons. The van der Waals surface area contributed by atoms with Crippen LogP contribution in [0, 0.1) is 0 Å². The van der Waals surface area contributed by atoms with Gasteiger partial charge in [-0.05, 0) is 65.4 Å². The van der Waals surface area contributed by atoms with E-state index in [0.717, 1.165) is 31.8 Å². The fraction of sp³-hybridized carbons (Fsp3) is 0. The molecule has 5 rings (SSSR count). The minimum Gasteiger partial charge on any atom is -0.457 e. The molecule has 0 bridgehead atoms. The van der Waals surface area contributed by atoms with Crippen molar-refractivity contribution in [2.24, 2.45) is 0 Å². The Hall–Kier alpha value is -4.16. The molecule has 0 aliphatic heterocycles. The van der Waals surface area contributed by atoms with Crippen LogP contribution in [0.2, 0.25) is 0 Å². The third-order valence-electron chi connectivity index (χ3n) is 4.95. The van der Waals surface area contributed by atoms with Gasteiger partial charge in [0.05, 0.1) is 6.26 Å². The SMILES string of the molecule is C=COC(=O)Oc1ccc2cc(Oc3ccc4c(=O)c5ccccc5sc4c3)ccc2c1. The average molecular weight is 440 g/mol. The van der Waals surface area contributed by atoms with Gasteiger partial charge < -0.3 is 14.2 Å². The molecule has 0 spiro atoms. The van der Waals surface area contributed by atoms with Crippen LogP contribution in [0.15, 0.2) is 96.5 Å². The van der Waals surface area contributed by atoms with E-state index in [9.17, 15) is 9.59 Å². The average Bonchev–Trinajstić information content (AvgIpc) is 2.79. The molecule has 0 amide bonds. The van der Waals surface area contributed by atoms with Crippen molar-refractivity contribution < 1.29 is 19.0 Å². The molecular weight excluding hydrogens is 424 g/mol. The molecule has 0 aliphatic carbocycles. The number of fused-ring (bicyclic) bond motifs is 3. The highest BCUT2D eigenvalue weighted by atomic mass is 32.1. The summed E-state index contributed by atoms with van der Waals surface area (Å²) in [6.45, 7) is 3.32. The molecule has 6 heteroatoms. The van der Waals surface area contributed by atoms with Crippen LogP contribution in [0.5, 0.6) is 17.2 Å². The van der Waals surface area contributed by atoms with E-state index in [-0.39, 0.29) is 5.43 Å². The van der Waals surface area contributed by atoms with Crippen LogP contribution in [-0.2, 0) is 4.74 Å². The molecule has 5 aromatic rings. The fourth-order valence-electron chi connectivity index (χ4n) is 3.50. The zero-order chi connectivity index (χ0) is 22.1. The van der Waals surface area contributed by atoms with E-state index in [1.54, 1.807) is 29.5 Å². The minimum atomic E-state index is -0.842. The van der Waals surface area contributed by atoms with Crippen molar-refractivity contribution in [3.8, 4) is 17.2 Å². The molecule has 5 nitrogen and oxygen atoms in total. The van der Waals surface area contributed by atoms with Crippen LogP contribution >= 0.6 is 11.3 Å². The summed E-state index contributed by atoms with van der Waals surface area (Å²) >= 11 is 1.56. The molecule has 0 saturated heterocycles. The molecule has 4 aromatic carbocycles. The summed E-state index contributed by atoms with van der Waals surface area (Å²) in [7, 11) is 0. The summed E-state index contributed by atoms with van der Waals surface area (Å²) in [4.78, 5) is 24.2. The van der Waals surface area contributed by atoms with E-state index >= 15 is 0 Å². The predicted molar refractivity (Wildman–Crippen MR) is 127 cm³/mol. The highest BCUT2D eigenvalue weighted by Crippen LogP contribution is 2.32. The summed E-state index contributed by atoms with van der Waals surface area (Å²) in [5.74, 6) is 1.68. The van der Waals surface area contributed by atoms with Gasteiger partial charge in [-0.2, -0.15) is 0 Å². The summed E-state index contributed by atoms with van der Waals surface area (Å²) in [6.07, 6.45) is 0.173. The Labute approximate surface area is 186 Å². The predicted octanol–water partition coefficient (Wildman–Crippen LogP) is 7.02. The van der Waals surface area contributed by atoms with Gasteiger partial charge in [-0.3, -0.25) is 4.79 Å². The number of carbonyl (C=O) groups is 1. The molecule has 0 atom stereocenters. The van der Waals surface area contributed by atoms with E-state index in [4.69, 9.17) is 9.47 Å². The van der Waals surface area contributed by atoms with Crippen molar-refractivity contribution in [3.63, 3.8) is 0 Å². The van der Waals surface area contributed by atoms with Crippen molar-refractivity contribution in [3.05, 3.63) is 102 Å². The Morgan fingerprint density at radius 2 is 1.44 bits per heavy atom. The quantitative estimate of drug-likeness (QED) is 0.130. The van der Waals surface area contributed by atoms with Gasteiger partial charge in [0.1, 0.15) is 17.2 Å². The molecule has 32 heavy (non-hydrogen) atoms. The number of ether oxygens (including phenoxy) is 3. The van der Waals surface area contributed by atoms with Gasteiger partial charge in [0.25, 0.3) is 0 Å². The standard InChI is InChI=1S/C26H16O5S/c1-2-29-26(28)31-19-10-8-16-13-18(9-7-17(16)14-19)30-20-11-12-22-24(15-20)32-23-6-4-3-5-21(23)25(22)27/h2-15H,1H2. The molecule has 0 saturated carbocycles. The summed E-state index contributed by atoms with van der Waals surface area (Å²) < 4.78 is 17.5. The van der Waals surface area contributed by atoms with Crippen molar-refractivity contribution in [1.82, 2.24) is 0 Å². The number of benzene rings is 4. The van der Waals surface area contributed by atoms with E-state index in [1.165, 1.54) is 0 Å². The normalized spacial score (nSPS) is 10.9. The molecule has 0 fully saturated rings. The maximum Gasteiger partial charge on any atom is 0.518 e. The molecular formula is C26H16O5S. The van der Waals surface area contributed by atoms with Crippen LogP contribution in [0.4, 0.5) is 4.79 Å². The van der Waals surface area contributed by atoms with Gasteiger partial charge in [0.2, 0.25) is 0 Å². The van der Waals surface area contributed by atoms with Crippen LogP contribution < -0.4 is 14.9 Å². The van der Waals surface area contributed by atoms with Crippen LogP contribution in [0.25, 0.3) is 30.9 Å². The number of hydrogen-bond donors (Lipinski definition) is 0. The van der Waals surface area contributed by atoms with E-state index in [1.807, 2.05) is 60.7 Å². The summed E-state index contributed by atoms with van der Waals surface area (Å²) in [5, 5.41) is 3.21. The van der Waals surface area contributed by atoms with Gasteiger partial charge in [-0.15, -0.1) is 11.3 Å². The van der Waals surface area contributed by atoms with Gasteiger partial charge in [-0.1, -0.05) is 30.8 Å². The Morgan fingerprint density at radius 1 is 0.781 bits per heavy atom. The van der Waals surface area contributed by atoms with Crippen molar-refractivity contribution >= 4 is 48.4 Å². The monoisotopic (exact) mass is 440 g/mol. The second kappa shape index (κ2) is 8.17. The highest BCUT2D eigenvalue weighted by molar-refractivity contribution is 7.24. The van der Waals surface area contributed by atoms with Gasteiger partial charge in [-0.25, -0.2) is 4.79 Å². The Kier molecular flexibility index (Phi) is 5.05. The maximum absolute atomic E-state index is 12.8. The number of hydrogen-bond acceptors (Lipinski definition) is 6. The number of rotatable bonds is 4. The summed E-state index contributed by atoms with van der Waals surface area (Å²) in [6, 6.07) is 24.0. The second-order valence-electron chi connectivity index (χ2n) is 6.99. The third kappa shape index (κ3) is 3.79. The summed E-state index contributed by atoms with van der Waals surface area (Å²) in [5.41, 5.74) is 0.0293. The van der Waals surface area contributed by atoms with E-state index in [2.05, 4.69) is 11.3 Å². The lowest BCUT2D eigenvalue weighted by atomic mass is 10.1. The lowest BCUT2D eigenvalue weighted by Crippen LogP contribution is -2.06. The molecule has 0 radical (unpaired) electrons. The Balaban J connectivity index is 1.44. The first-order valence-corrected chi connectivity index (χ1v) is 10.6. The zero-order valence-electron chi connectivity index (χ0n) is 16.7. The fourth-order valence-corrected chi connectivity index (χ4v) is 4.60. The first-order chi connectivity index (χ1) is 15.6. The lowest BCUT2D eigenvalue weighted by molar-refractivity contribution is 0.136. The third-order valence-corrected chi connectivity index (χ3v) is 6.08. The molecule has 1 aromatic heterocycles. The van der Waals surface area contributed by atoms with Gasteiger partial charge in [0, 0.05) is 20.2 Å². The van der Waals surface area contributed by atoms with Gasteiger partial charge >= 0.3 is 6.16 Å². The molecule has 1 heterocycles. The number of carbonyl (C=O) groups excluding carboxylic acids is 1. The molecule has 0 aliphatic rings. The van der Waals surface area contributed by atoms with Crippen LogP contribution in [-0.4, -0.2) is 6.16 Å². The second-order valence-corrected chi connectivity index (χ2v) is 8.08. The molecule has 0 unspecified atom stereocenters. The zero-order valence-corrected chi connectivity index (χ0v) is 17.6. The van der Waals surface area contributed by atoms with E-state index in [0.29, 0.717) is 22.6 Å². The topological polar surface area (TPSA) is 61.8 Å². The highest BCUT2D eigenvalue weighted by Gasteiger charge is 2.09. The maximum atomic E-state index is 12.8. The smallest absolute Gasteiger partial charge is 0.457 e. The van der Waals surface area contributed by atoms with Crippen LogP contribution in [0.1, 0.15) is 0 Å². The largest absolute Gasteiger partial charge is 0.518 e. The van der Waals surface area contributed by atoms with Gasteiger partial charge in [0.15, 0.2) is 5.43 Å². The van der Waals surface area contributed by atoms with Crippen LogP contribution in [0.3, 0.4) is 0 Å². The van der Waals surface area contributed by atoms with E-state index < -0.39 is 6.16 Å². The van der Waals surface area contributed by atoms with Crippen molar-refractivity contribution in [2.75, 3.05) is 0 Å². The van der Waals surface area contributed by atoms with Crippen molar-refractivity contribution in [2.45, 2.75) is 0 Å². The molecule has 0 N–H and O–H groups in total. The minimum absolute atomic E-state index is 0.0293. The lowest BCUT2D eigenvalue weighted by Gasteiger charge is -2.09. The van der Waals surface area contributed by atoms with Crippen molar-refractivity contribution in [1.29, 1.82) is 0 Å². The first-order valence-electron chi connectivity index (χ1n) is 9.77. The first kappa shape index (κ1) is 19.8.